The number of pyridine rings is 1. The molecule has 0 spiro atoms. The highest BCUT2D eigenvalue weighted by Gasteiger charge is 2.10. The lowest BCUT2D eigenvalue weighted by atomic mass is 10.1. The first-order valence-electron chi connectivity index (χ1n) is 7.70. The van der Waals surface area contributed by atoms with Crippen LogP contribution in [0.1, 0.15) is 36.3 Å². The fourth-order valence-electron chi connectivity index (χ4n) is 2.05. The molecule has 24 heavy (non-hydrogen) atoms. The quantitative estimate of drug-likeness (QED) is 0.815. The largest absolute Gasteiger partial charge is 0.481 e. The lowest BCUT2D eigenvalue weighted by molar-refractivity contribution is -0.136. The Morgan fingerprint density at radius 3 is 2.50 bits per heavy atom. The normalized spacial score (nSPS) is 10.5. The summed E-state index contributed by atoms with van der Waals surface area (Å²) >= 11 is 0. The second-order valence-corrected chi connectivity index (χ2v) is 5.57. The average Bonchev–Trinajstić information content (AvgIpc) is 2.53. The van der Waals surface area contributed by atoms with Gasteiger partial charge in [-0.3, -0.25) is 9.59 Å². The molecule has 2 aromatic rings. The van der Waals surface area contributed by atoms with Gasteiger partial charge in [-0.1, -0.05) is 18.2 Å². The van der Waals surface area contributed by atoms with E-state index >= 15 is 0 Å². The lowest BCUT2D eigenvalue weighted by Crippen LogP contribution is -2.15. The first-order chi connectivity index (χ1) is 11.4. The Hall–Kier alpha value is -2.89. The van der Waals surface area contributed by atoms with Gasteiger partial charge in [0.1, 0.15) is 5.69 Å². The minimum absolute atomic E-state index is 0.0193. The number of carboxylic acid groups (broad SMARTS) is 1. The molecule has 0 saturated carbocycles. The summed E-state index contributed by atoms with van der Waals surface area (Å²) in [7, 11) is 0. The van der Waals surface area contributed by atoms with E-state index in [0.717, 1.165) is 5.56 Å². The van der Waals surface area contributed by atoms with Crippen LogP contribution in [0.2, 0.25) is 0 Å². The predicted octanol–water partition coefficient (Wildman–Crippen LogP) is 3.14. The number of hydrogen-bond donors (Lipinski definition) is 2. The highest BCUT2D eigenvalue weighted by Crippen LogP contribution is 2.14. The van der Waals surface area contributed by atoms with Crippen molar-refractivity contribution in [2.24, 2.45) is 0 Å². The molecule has 1 amide bonds. The molecule has 0 aliphatic carbocycles. The molecule has 1 heterocycles. The maximum atomic E-state index is 12.2. The number of nitrogens with zero attached hydrogens (tertiary/aromatic N) is 1. The van der Waals surface area contributed by atoms with E-state index in [1.54, 1.807) is 42.5 Å². The SMILES string of the molecule is CC(C)Oc1cccc(C(=O)Nc2ccc(CCC(=O)O)cc2)n1. The van der Waals surface area contributed by atoms with Crippen LogP contribution in [0, 0.1) is 0 Å². The number of rotatable bonds is 7. The molecule has 2 rings (SSSR count). The number of ether oxygens (including phenoxy) is 1. The van der Waals surface area contributed by atoms with Crippen LogP contribution in [-0.2, 0) is 11.2 Å². The smallest absolute Gasteiger partial charge is 0.303 e. The van der Waals surface area contributed by atoms with Gasteiger partial charge in [0.15, 0.2) is 0 Å². The molecule has 1 aromatic carbocycles. The molecule has 0 bridgehead atoms. The molecule has 0 aliphatic heterocycles. The minimum Gasteiger partial charge on any atom is -0.481 e. The number of aliphatic carboxylic acids is 1. The number of carbonyl (C=O) groups excluding carboxylic acids is 1. The van der Waals surface area contributed by atoms with Crippen LogP contribution in [0.25, 0.3) is 0 Å². The van der Waals surface area contributed by atoms with Gasteiger partial charge in [-0.15, -0.1) is 0 Å². The summed E-state index contributed by atoms with van der Waals surface area (Å²) in [5, 5.41) is 11.4. The summed E-state index contributed by atoms with van der Waals surface area (Å²) in [6.45, 7) is 3.78. The summed E-state index contributed by atoms with van der Waals surface area (Å²) in [6, 6.07) is 12.1. The topological polar surface area (TPSA) is 88.5 Å². The van der Waals surface area contributed by atoms with Gasteiger partial charge in [0.2, 0.25) is 5.88 Å². The van der Waals surface area contributed by atoms with Crippen molar-refractivity contribution in [3.8, 4) is 5.88 Å². The fourth-order valence-corrected chi connectivity index (χ4v) is 2.05. The van der Waals surface area contributed by atoms with Gasteiger partial charge in [-0.05, 0) is 44.0 Å². The summed E-state index contributed by atoms with van der Waals surface area (Å²) in [5.41, 5.74) is 1.79. The van der Waals surface area contributed by atoms with E-state index in [1.807, 2.05) is 13.8 Å². The van der Waals surface area contributed by atoms with E-state index in [9.17, 15) is 9.59 Å². The van der Waals surface area contributed by atoms with Gasteiger partial charge >= 0.3 is 5.97 Å². The number of amides is 1. The number of carboxylic acids is 1. The zero-order valence-corrected chi connectivity index (χ0v) is 13.7. The van der Waals surface area contributed by atoms with Crippen molar-refractivity contribution in [1.82, 2.24) is 4.98 Å². The van der Waals surface area contributed by atoms with E-state index in [1.165, 1.54) is 0 Å². The number of carbonyl (C=O) groups is 2. The minimum atomic E-state index is -0.832. The Balaban J connectivity index is 2.00. The number of benzene rings is 1. The number of nitrogens with one attached hydrogen (secondary N) is 1. The summed E-state index contributed by atoms with van der Waals surface area (Å²) in [6.07, 6.45) is 0.520. The van der Waals surface area contributed by atoms with Crippen molar-refractivity contribution in [2.75, 3.05) is 5.32 Å². The van der Waals surface area contributed by atoms with E-state index < -0.39 is 5.97 Å². The van der Waals surface area contributed by atoms with Crippen LogP contribution in [0.3, 0.4) is 0 Å². The van der Waals surface area contributed by atoms with Crippen LogP contribution in [0.4, 0.5) is 5.69 Å². The first-order valence-corrected chi connectivity index (χ1v) is 7.70. The van der Waals surface area contributed by atoms with Crippen LogP contribution < -0.4 is 10.1 Å². The number of anilines is 1. The Morgan fingerprint density at radius 2 is 1.88 bits per heavy atom. The maximum Gasteiger partial charge on any atom is 0.303 e. The van der Waals surface area contributed by atoms with Crippen molar-refractivity contribution in [3.63, 3.8) is 0 Å². The van der Waals surface area contributed by atoms with Crippen LogP contribution in [0.5, 0.6) is 5.88 Å². The van der Waals surface area contributed by atoms with E-state index in [-0.39, 0.29) is 24.1 Å². The van der Waals surface area contributed by atoms with Crippen LogP contribution >= 0.6 is 0 Å². The third-order valence-electron chi connectivity index (χ3n) is 3.15. The molecule has 6 heteroatoms. The highest BCUT2D eigenvalue weighted by atomic mass is 16.5. The molecule has 0 aliphatic rings. The lowest BCUT2D eigenvalue weighted by Gasteiger charge is -2.10. The van der Waals surface area contributed by atoms with E-state index in [0.29, 0.717) is 18.0 Å². The van der Waals surface area contributed by atoms with E-state index in [2.05, 4.69) is 10.3 Å². The van der Waals surface area contributed by atoms with Gasteiger partial charge in [0.25, 0.3) is 5.91 Å². The van der Waals surface area contributed by atoms with Gasteiger partial charge in [0.05, 0.1) is 6.10 Å². The van der Waals surface area contributed by atoms with Crippen molar-refractivity contribution >= 4 is 17.6 Å². The van der Waals surface area contributed by atoms with Crippen LogP contribution in [-0.4, -0.2) is 28.1 Å². The van der Waals surface area contributed by atoms with Gasteiger partial charge in [-0.25, -0.2) is 4.98 Å². The number of aryl methyl sites for hydroxylation is 1. The fraction of sp³-hybridized carbons (Fsp3) is 0.278. The zero-order valence-electron chi connectivity index (χ0n) is 13.7. The zero-order chi connectivity index (χ0) is 17.5. The molecule has 2 N–H and O–H groups in total. The standard InChI is InChI=1S/C18H20N2O4/c1-12(2)24-16-5-3-4-15(20-16)18(23)19-14-9-6-13(7-10-14)8-11-17(21)22/h3-7,9-10,12H,8,11H2,1-2H3,(H,19,23)(H,21,22). The molecule has 0 fully saturated rings. The van der Waals surface area contributed by atoms with Crippen molar-refractivity contribution in [3.05, 3.63) is 53.7 Å². The third-order valence-corrected chi connectivity index (χ3v) is 3.15. The van der Waals surface area contributed by atoms with E-state index in [4.69, 9.17) is 9.84 Å². The Bertz CT molecular complexity index is 711. The summed E-state index contributed by atoms with van der Waals surface area (Å²) < 4.78 is 5.48. The van der Waals surface area contributed by atoms with Crippen molar-refractivity contribution < 1.29 is 19.4 Å². The molecular weight excluding hydrogens is 308 g/mol. The van der Waals surface area contributed by atoms with Crippen LogP contribution in [0.15, 0.2) is 42.5 Å². The molecule has 0 atom stereocenters. The monoisotopic (exact) mass is 328 g/mol. The molecule has 126 valence electrons. The second kappa shape index (κ2) is 8.10. The van der Waals surface area contributed by atoms with Gasteiger partial charge in [0, 0.05) is 18.2 Å². The van der Waals surface area contributed by atoms with Gasteiger partial charge in [-0.2, -0.15) is 0 Å². The predicted molar refractivity (Wildman–Crippen MR) is 90.4 cm³/mol. The summed E-state index contributed by atoms with van der Waals surface area (Å²) in [5.74, 6) is -0.758. The molecule has 0 unspecified atom stereocenters. The maximum absolute atomic E-state index is 12.2. The molecular formula is C18H20N2O4. The average molecular weight is 328 g/mol. The van der Waals surface area contributed by atoms with Crippen molar-refractivity contribution in [2.45, 2.75) is 32.8 Å². The molecule has 0 saturated heterocycles. The summed E-state index contributed by atoms with van der Waals surface area (Å²) in [4.78, 5) is 27.0. The second-order valence-electron chi connectivity index (χ2n) is 5.57. The third kappa shape index (κ3) is 5.39. The Morgan fingerprint density at radius 1 is 1.17 bits per heavy atom. The molecule has 6 nitrogen and oxygen atoms in total. The Kier molecular flexibility index (Phi) is 5.89. The highest BCUT2D eigenvalue weighted by molar-refractivity contribution is 6.02. The van der Waals surface area contributed by atoms with Crippen molar-refractivity contribution in [1.29, 1.82) is 0 Å². The number of hydrogen-bond acceptors (Lipinski definition) is 4. The van der Waals surface area contributed by atoms with Gasteiger partial charge < -0.3 is 15.2 Å². The molecule has 1 aromatic heterocycles. The molecule has 0 radical (unpaired) electrons. The Labute approximate surface area is 140 Å². The first kappa shape index (κ1) is 17.5. The number of aromatic nitrogens is 1.